The van der Waals surface area contributed by atoms with Crippen LogP contribution in [0.15, 0.2) is 72.8 Å². The fourth-order valence-corrected chi connectivity index (χ4v) is 3.75. The van der Waals surface area contributed by atoms with Crippen LogP contribution >= 0.6 is 11.6 Å². The van der Waals surface area contributed by atoms with Crippen molar-refractivity contribution in [1.29, 1.82) is 0 Å². The predicted octanol–water partition coefficient (Wildman–Crippen LogP) is 5.72. The zero-order valence-electron chi connectivity index (χ0n) is 20.1. The monoisotopic (exact) mass is 504 g/mol. The van der Waals surface area contributed by atoms with Crippen LogP contribution in [0.3, 0.4) is 0 Å². The molecule has 0 saturated heterocycles. The van der Waals surface area contributed by atoms with E-state index in [-0.39, 0.29) is 29.0 Å². The van der Waals surface area contributed by atoms with Crippen LogP contribution in [-0.2, 0) is 9.47 Å². The topological polar surface area (TPSA) is 95.3 Å². The van der Waals surface area contributed by atoms with Gasteiger partial charge in [0.15, 0.2) is 5.69 Å². The highest BCUT2D eigenvalue weighted by Crippen LogP contribution is 2.27. The summed E-state index contributed by atoms with van der Waals surface area (Å²) >= 11 is 6.40. The van der Waals surface area contributed by atoms with E-state index >= 15 is 0 Å². The van der Waals surface area contributed by atoms with Gasteiger partial charge in [0, 0.05) is 18.7 Å². The Morgan fingerprint density at radius 2 is 1.83 bits per heavy atom. The molecule has 0 aliphatic heterocycles. The second-order valence-electron chi connectivity index (χ2n) is 7.86. The minimum Gasteiger partial charge on any atom is -0.461 e. The third kappa shape index (κ3) is 5.45. The Morgan fingerprint density at radius 1 is 1.06 bits per heavy atom. The lowest BCUT2D eigenvalue weighted by molar-refractivity contribution is 0.0518. The van der Waals surface area contributed by atoms with E-state index in [0.29, 0.717) is 17.2 Å². The molecule has 1 N–H and O–H groups in total. The van der Waals surface area contributed by atoms with E-state index in [1.54, 1.807) is 32.2 Å². The first-order valence-electron chi connectivity index (χ1n) is 11.3. The van der Waals surface area contributed by atoms with Gasteiger partial charge in [-0.15, -0.1) is 0 Å². The Labute approximate surface area is 213 Å². The van der Waals surface area contributed by atoms with E-state index in [1.165, 1.54) is 10.7 Å². The van der Waals surface area contributed by atoms with Gasteiger partial charge < -0.3 is 14.8 Å². The van der Waals surface area contributed by atoms with Crippen LogP contribution in [0.25, 0.3) is 16.9 Å². The maximum atomic E-state index is 13.3. The number of hydrogen-bond donors (Lipinski definition) is 1. The van der Waals surface area contributed by atoms with Crippen molar-refractivity contribution < 1.29 is 19.1 Å². The molecule has 2 heterocycles. The standard InChI is InChI=1S/C27H25ClN4O4/c1-4-36-27(34)24-16-25(32(31-24)19-9-6-5-7-10-19)30-26(33)20-15-18(13-14-21(20)28)23-12-8-11-22(29-23)17(2)35-3/h5-17H,4H2,1-3H3,(H,30,33). The number of amides is 1. The average molecular weight is 505 g/mol. The molecule has 1 amide bonds. The van der Waals surface area contributed by atoms with Gasteiger partial charge in [0.2, 0.25) is 0 Å². The summed E-state index contributed by atoms with van der Waals surface area (Å²) in [5.41, 5.74) is 3.16. The average Bonchev–Trinajstić information content (AvgIpc) is 3.33. The number of methoxy groups -OCH3 is 1. The number of pyridine rings is 1. The number of carbonyl (C=O) groups is 2. The van der Waals surface area contributed by atoms with Gasteiger partial charge in [-0.1, -0.05) is 41.9 Å². The molecule has 0 saturated carbocycles. The number of nitrogens with zero attached hydrogens (tertiary/aromatic N) is 3. The molecule has 0 bridgehead atoms. The van der Waals surface area contributed by atoms with Crippen LogP contribution in [0.4, 0.5) is 5.82 Å². The molecule has 0 spiro atoms. The number of halogens is 1. The van der Waals surface area contributed by atoms with E-state index in [0.717, 1.165) is 11.3 Å². The summed E-state index contributed by atoms with van der Waals surface area (Å²) in [6.45, 7) is 3.83. The van der Waals surface area contributed by atoms with Crippen molar-refractivity contribution in [2.24, 2.45) is 0 Å². The van der Waals surface area contributed by atoms with Gasteiger partial charge >= 0.3 is 5.97 Å². The van der Waals surface area contributed by atoms with Crippen molar-refractivity contribution in [2.45, 2.75) is 20.0 Å². The Balaban J connectivity index is 1.68. The zero-order chi connectivity index (χ0) is 25.7. The van der Waals surface area contributed by atoms with Crippen LogP contribution in [0.1, 0.15) is 46.5 Å². The largest absolute Gasteiger partial charge is 0.461 e. The first-order chi connectivity index (χ1) is 17.4. The Kier molecular flexibility index (Phi) is 7.77. The third-order valence-electron chi connectivity index (χ3n) is 5.48. The quantitative estimate of drug-likeness (QED) is 0.308. The van der Waals surface area contributed by atoms with Crippen LogP contribution in [0, 0.1) is 0 Å². The van der Waals surface area contributed by atoms with Gasteiger partial charge in [-0.05, 0) is 50.2 Å². The molecule has 4 aromatic rings. The molecular formula is C27H25ClN4O4. The van der Waals surface area contributed by atoms with E-state index in [2.05, 4.69) is 15.4 Å². The van der Waals surface area contributed by atoms with Gasteiger partial charge in [-0.25, -0.2) is 9.48 Å². The molecular weight excluding hydrogens is 480 g/mol. The number of aromatic nitrogens is 3. The van der Waals surface area contributed by atoms with Crippen molar-refractivity contribution in [1.82, 2.24) is 14.8 Å². The molecule has 2 aromatic carbocycles. The van der Waals surface area contributed by atoms with Crippen LogP contribution in [0.2, 0.25) is 5.02 Å². The summed E-state index contributed by atoms with van der Waals surface area (Å²) in [5, 5.41) is 7.44. The summed E-state index contributed by atoms with van der Waals surface area (Å²) in [4.78, 5) is 30.3. The molecule has 4 rings (SSSR count). The second-order valence-corrected chi connectivity index (χ2v) is 8.26. The van der Waals surface area contributed by atoms with Crippen molar-refractivity contribution >= 4 is 29.3 Å². The molecule has 0 radical (unpaired) electrons. The fourth-order valence-electron chi connectivity index (χ4n) is 3.54. The van der Waals surface area contributed by atoms with Gasteiger partial charge in [0.25, 0.3) is 5.91 Å². The van der Waals surface area contributed by atoms with Gasteiger partial charge in [-0.2, -0.15) is 5.10 Å². The van der Waals surface area contributed by atoms with Crippen LogP contribution in [-0.4, -0.2) is 40.4 Å². The van der Waals surface area contributed by atoms with Crippen molar-refractivity contribution in [2.75, 3.05) is 19.0 Å². The molecule has 1 unspecified atom stereocenters. The number of esters is 1. The molecule has 0 fully saturated rings. The predicted molar refractivity (Wildman–Crippen MR) is 138 cm³/mol. The number of anilines is 1. The van der Waals surface area contributed by atoms with E-state index in [4.69, 9.17) is 21.1 Å². The number of rotatable bonds is 8. The molecule has 0 aliphatic rings. The Hall–Kier alpha value is -4.01. The lowest BCUT2D eigenvalue weighted by atomic mass is 10.1. The van der Waals surface area contributed by atoms with Gasteiger partial charge in [-0.3, -0.25) is 9.78 Å². The Morgan fingerprint density at radius 3 is 2.56 bits per heavy atom. The zero-order valence-corrected chi connectivity index (χ0v) is 20.8. The Bertz CT molecular complexity index is 1390. The highest BCUT2D eigenvalue weighted by molar-refractivity contribution is 6.34. The van der Waals surface area contributed by atoms with Crippen molar-refractivity contribution in [3.8, 4) is 16.9 Å². The minimum absolute atomic E-state index is 0.0733. The number of carbonyl (C=O) groups excluding carboxylic acids is 2. The summed E-state index contributed by atoms with van der Waals surface area (Å²) in [7, 11) is 1.62. The lowest BCUT2D eigenvalue weighted by Gasteiger charge is -2.12. The second kappa shape index (κ2) is 11.2. The SMILES string of the molecule is CCOC(=O)c1cc(NC(=O)c2cc(-c3cccc(C(C)OC)n3)ccc2Cl)n(-c2ccccc2)n1. The molecule has 9 heteroatoms. The van der Waals surface area contributed by atoms with Crippen molar-refractivity contribution in [3.63, 3.8) is 0 Å². The van der Waals surface area contributed by atoms with E-state index in [1.807, 2.05) is 55.5 Å². The molecule has 0 aliphatic carbocycles. The summed E-state index contributed by atoms with van der Waals surface area (Å²) in [5.74, 6) is -0.750. The van der Waals surface area contributed by atoms with E-state index < -0.39 is 11.9 Å². The molecule has 184 valence electrons. The first kappa shape index (κ1) is 25.1. The summed E-state index contributed by atoms with van der Waals surface area (Å²) in [6.07, 6.45) is -0.174. The van der Waals surface area contributed by atoms with Gasteiger partial charge in [0.05, 0.1) is 40.4 Å². The molecule has 8 nitrogen and oxygen atoms in total. The van der Waals surface area contributed by atoms with E-state index in [9.17, 15) is 9.59 Å². The maximum Gasteiger partial charge on any atom is 0.358 e. The normalized spacial score (nSPS) is 11.7. The smallest absolute Gasteiger partial charge is 0.358 e. The van der Waals surface area contributed by atoms with Gasteiger partial charge in [0.1, 0.15) is 5.82 Å². The summed E-state index contributed by atoms with van der Waals surface area (Å²) in [6, 6.07) is 21.4. The first-order valence-corrected chi connectivity index (χ1v) is 11.7. The number of benzene rings is 2. The third-order valence-corrected chi connectivity index (χ3v) is 5.81. The maximum absolute atomic E-state index is 13.3. The van der Waals surface area contributed by atoms with Crippen molar-refractivity contribution in [3.05, 3.63) is 94.8 Å². The number of para-hydroxylation sites is 1. The molecule has 36 heavy (non-hydrogen) atoms. The van der Waals surface area contributed by atoms with Crippen LogP contribution < -0.4 is 5.32 Å². The summed E-state index contributed by atoms with van der Waals surface area (Å²) < 4.78 is 11.9. The molecule has 1 atom stereocenters. The van der Waals surface area contributed by atoms with Crippen LogP contribution in [0.5, 0.6) is 0 Å². The fraction of sp³-hybridized carbons (Fsp3) is 0.185. The highest BCUT2D eigenvalue weighted by Gasteiger charge is 2.20. The number of ether oxygens (including phenoxy) is 2. The molecule has 2 aromatic heterocycles. The lowest BCUT2D eigenvalue weighted by Crippen LogP contribution is -2.15. The minimum atomic E-state index is -0.584. The highest BCUT2D eigenvalue weighted by atomic mass is 35.5. The number of nitrogens with one attached hydrogen (secondary N) is 1. The number of hydrogen-bond acceptors (Lipinski definition) is 6.